The van der Waals surface area contributed by atoms with Gasteiger partial charge in [0.1, 0.15) is 0 Å². The monoisotopic (exact) mass is 551 g/mol. The molecule has 196 valence electrons. The van der Waals surface area contributed by atoms with Gasteiger partial charge in [-0.25, -0.2) is 8.42 Å². The summed E-state index contributed by atoms with van der Waals surface area (Å²) in [5, 5.41) is 0.549. The van der Waals surface area contributed by atoms with E-state index in [1.165, 1.54) is 10.4 Å². The lowest BCUT2D eigenvalue weighted by Gasteiger charge is -2.36. The number of benzene rings is 3. The summed E-state index contributed by atoms with van der Waals surface area (Å²) in [5.41, 5.74) is 1.34. The van der Waals surface area contributed by atoms with Crippen LogP contribution in [0.3, 0.4) is 0 Å². The minimum absolute atomic E-state index is 0.112. The van der Waals surface area contributed by atoms with Crippen molar-refractivity contribution in [2.75, 3.05) is 41.6 Å². The molecule has 1 amide bonds. The number of alkyl halides is 3. The third-order valence-electron chi connectivity index (χ3n) is 6.15. The second-order valence-electron chi connectivity index (χ2n) is 8.77. The lowest BCUT2D eigenvalue weighted by atomic mass is 10.1. The van der Waals surface area contributed by atoms with E-state index in [1.807, 2.05) is 4.90 Å². The van der Waals surface area contributed by atoms with Gasteiger partial charge in [-0.1, -0.05) is 29.8 Å². The molecule has 0 bridgehead atoms. The summed E-state index contributed by atoms with van der Waals surface area (Å²) >= 11 is 5.92. The minimum atomic E-state index is -4.42. The second-order valence-corrected chi connectivity index (χ2v) is 11.1. The van der Waals surface area contributed by atoms with Crippen LogP contribution in [0.15, 0.2) is 72.8 Å². The zero-order valence-corrected chi connectivity index (χ0v) is 21.5. The highest BCUT2D eigenvalue weighted by molar-refractivity contribution is 7.92. The Bertz CT molecular complexity index is 1360. The summed E-state index contributed by atoms with van der Waals surface area (Å²) in [5.74, 6) is -0.223. The van der Waals surface area contributed by atoms with Gasteiger partial charge in [0, 0.05) is 42.5 Å². The minimum Gasteiger partial charge on any atom is -0.368 e. The van der Waals surface area contributed by atoms with Crippen molar-refractivity contribution in [3.05, 3.63) is 94.5 Å². The van der Waals surface area contributed by atoms with Gasteiger partial charge in [0.25, 0.3) is 5.91 Å². The summed E-state index contributed by atoms with van der Waals surface area (Å²) in [6.07, 6.45) is -3.30. The SMILES string of the molecule is CS(=O)(=O)N(Cc1ccc(Cl)cc1)c1ccc(C(=O)N2CCN(c3cccc(C(F)(F)F)c3)CC2)cc1. The van der Waals surface area contributed by atoms with Crippen LogP contribution in [0, 0.1) is 0 Å². The second kappa shape index (κ2) is 10.6. The van der Waals surface area contributed by atoms with Crippen LogP contribution in [0.5, 0.6) is 0 Å². The van der Waals surface area contributed by atoms with Crippen LogP contribution in [0.2, 0.25) is 5.02 Å². The molecule has 1 aliphatic rings. The smallest absolute Gasteiger partial charge is 0.368 e. The number of nitrogens with zero attached hydrogens (tertiary/aromatic N) is 3. The number of amides is 1. The molecule has 1 fully saturated rings. The highest BCUT2D eigenvalue weighted by atomic mass is 35.5. The number of sulfonamides is 1. The number of rotatable bonds is 6. The molecule has 1 heterocycles. The maximum atomic E-state index is 13.0. The van der Waals surface area contributed by atoms with E-state index in [2.05, 4.69) is 0 Å². The predicted molar refractivity (Wildman–Crippen MR) is 138 cm³/mol. The maximum absolute atomic E-state index is 13.0. The molecule has 1 aliphatic heterocycles. The molecule has 3 aromatic rings. The molecule has 0 N–H and O–H groups in total. The quantitative estimate of drug-likeness (QED) is 0.418. The molecule has 6 nitrogen and oxygen atoms in total. The van der Waals surface area contributed by atoms with Crippen molar-refractivity contribution < 1.29 is 26.4 Å². The summed E-state index contributed by atoms with van der Waals surface area (Å²) in [6.45, 7) is 1.61. The van der Waals surface area contributed by atoms with Gasteiger partial charge >= 0.3 is 6.18 Å². The van der Waals surface area contributed by atoms with E-state index < -0.39 is 21.8 Å². The van der Waals surface area contributed by atoms with Gasteiger partial charge in [-0.15, -0.1) is 0 Å². The fourth-order valence-electron chi connectivity index (χ4n) is 4.16. The maximum Gasteiger partial charge on any atom is 0.416 e. The van der Waals surface area contributed by atoms with Crippen LogP contribution in [0.25, 0.3) is 0 Å². The van der Waals surface area contributed by atoms with E-state index in [0.29, 0.717) is 48.1 Å². The van der Waals surface area contributed by atoms with Crippen LogP contribution in [0.4, 0.5) is 24.5 Å². The van der Waals surface area contributed by atoms with Crippen LogP contribution in [-0.2, 0) is 22.7 Å². The molecule has 0 atom stereocenters. The Morgan fingerprint density at radius 1 is 0.946 bits per heavy atom. The first-order valence-electron chi connectivity index (χ1n) is 11.5. The third-order valence-corrected chi connectivity index (χ3v) is 7.54. The van der Waals surface area contributed by atoms with Crippen molar-refractivity contribution in [2.24, 2.45) is 0 Å². The number of piperazine rings is 1. The Morgan fingerprint density at radius 2 is 1.57 bits per heavy atom. The average Bonchev–Trinajstić information content (AvgIpc) is 2.87. The lowest BCUT2D eigenvalue weighted by molar-refractivity contribution is -0.137. The molecule has 37 heavy (non-hydrogen) atoms. The van der Waals surface area contributed by atoms with Crippen molar-refractivity contribution in [2.45, 2.75) is 12.7 Å². The molecule has 0 aromatic heterocycles. The van der Waals surface area contributed by atoms with Gasteiger partial charge in [0.05, 0.1) is 24.1 Å². The number of carbonyl (C=O) groups is 1. The molecule has 1 saturated heterocycles. The summed E-state index contributed by atoms with van der Waals surface area (Å²) in [4.78, 5) is 16.5. The lowest BCUT2D eigenvalue weighted by Crippen LogP contribution is -2.48. The zero-order valence-electron chi connectivity index (χ0n) is 20.0. The first-order chi connectivity index (χ1) is 17.4. The zero-order chi connectivity index (χ0) is 26.8. The van der Waals surface area contributed by atoms with E-state index in [4.69, 9.17) is 11.6 Å². The number of hydrogen-bond donors (Lipinski definition) is 0. The van der Waals surface area contributed by atoms with Gasteiger partial charge in [0.15, 0.2) is 0 Å². The first kappa shape index (κ1) is 26.8. The van der Waals surface area contributed by atoms with Crippen LogP contribution in [0.1, 0.15) is 21.5 Å². The molecule has 0 saturated carbocycles. The molecule has 0 unspecified atom stereocenters. The molecule has 11 heteroatoms. The Kier molecular flexibility index (Phi) is 7.70. The van der Waals surface area contributed by atoms with Gasteiger partial charge < -0.3 is 9.80 Å². The van der Waals surface area contributed by atoms with Crippen molar-refractivity contribution in [3.8, 4) is 0 Å². The molecular formula is C26H25ClF3N3O3S. The van der Waals surface area contributed by atoms with Crippen molar-refractivity contribution in [1.82, 2.24) is 4.90 Å². The van der Waals surface area contributed by atoms with Crippen LogP contribution < -0.4 is 9.21 Å². The normalized spacial score (nSPS) is 14.5. The first-order valence-corrected chi connectivity index (χ1v) is 13.7. The number of carbonyl (C=O) groups excluding carboxylic acids is 1. The van der Waals surface area contributed by atoms with Crippen molar-refractivity contribution >= 4 is 38.9 Å². The summed E-state index contributed by atoms with van der Waals surface area (Å²) in [7, 11) is -3.60. The summed E-state index contributed by atoms with van der Waals surface area (Å²) < 4.78 is 65.3. The molecular weight excluding hydrogens is 527 g/mol. The van der Waals surface area contributed by atoms with Gasteiger partial charge in [-0.05, 0) is 60.2 Å². The standard InChI is InChI=1S/C26H25ClF3N3O3S/c1-37(35,36)33(18-19-5-9-22(27)10-6-19)23-11-7-20(8-12-23)25(34)32-15-13-31(14-16-32)24-4-2-3-21(17-24)26(28,29)30/h2-12,17H,13-16,18H2,1H3. The van der Waals surface area contributed by atoms with Crippen molar-refractivity contribution in [3.63, 3.8) is 0 Å². The van der Waals surface area contributed by atoms with E-state index in [9.17, 15) is 26.4 Å². The number of halogens is 4. The molecule has 0 spiro atoms. The van der Waals surface area contributed by atoms with E-state index in [-0.39, 0.29) is 12.5 Å². The third kappa shape index (κ3) is 6.56. The fraction of sp³-hybridized carbons (Fsp3) is 0.269. The highest BCUT2D eigenvalue weighted by Crippen LogP contribution is 2.32. The molecule has 0 radical (unpaired) electrons. The Labute approximate surface area is 218 Å². The van der Waals surface area contributed by atoms with E-state index >= 15 is 0 Å². The van der Waals surface area contributed by atoms with Crippen molar-refractivity contribution in [1.29, 1.82) is 0 Å². The number of anilines is 2. The number of hydrogen-bond acceptors (Lipinski definition) is 4. The molecule has 4 rings (SSSR count). The Balaban J connectivity index is 1.42. The van der Waals surface area contributed by atoms with Gasteiger partial charge in [-0.3, -0.25) is 9.10 Å². The molecule has 0 aliphatic carbocycles. The summed E-state index contributed by atoms with van der Waals surface area (Å²) in [6, 6.07) is 18.4. The van der Waals surface area contributed by atoms with Gasteiger partial charge in [0.2, 0.25) is 10.0 Å². The topological polar surface area (TPSA) is 60.9 Å². The highest BCUT2D eigenvalue weighted by Gasteiger charge is 2.31. The van der Waals surface area contributed by atoms with Gasteiger partial charge in [-0.2, -0.15) is 13.2 Å². The Morgan fingerprint density at radius 3 is 2.14 bits per heavy atom. The van der Waals surface area contributed by atoms with Crippen LogP contribution in [-0.4, -0.2) is 51.7 Å². The van der Waals surface area contributed by atoms with Crippen LogP contribution >= 0.6 is 11.6 Å². The molecule has 3 aromatic carbocycles. The predicted octanol–water partition coefficient (Wildman–Crippen LogP) is 5.29. The Hall–Kier alpha value is -3.24. The van der Waals surface area contributed by atoms with E-state index in [0.717, 1.165) is 24.0 Å². The van der Waals surface area contributed by atoms with E-state index in [1.54, 1.807) is 59.5 Å². The fourth-order valence-corrected chi connectivity index (χ4v) is 5.17. The average molecular weight is 552 g/mol. The largest absolute Gasteiger partial charge is 0.416 e.